The number of rotatable bonds is 4. The van der Waals surface area contributed by atoms with E-state index in [1.807, 2.05) is 24.3 Å². The smallest absolute Gasteiger partial charge is 0.0736 e. The van der Waals surface area contributed by atoms with Crippen LogP contribution < -0.4 is 11.1 Å². The lowest BCUT2D eigenvalue weighted by atomic mass is 10.1. The molecular weight excluding hydrogens is 224 g/mol. The third-order valence-corrected chi connectivity index (χ3v) is 2.73. The molecule has 0 atom stereocenters. The van der Waals surface area contributed by atoms with Crippen LogP contribution in [0.5, 0.6) is 0 Å². The van der Waals surface area contributed by atoms with Gasteiger partial charge in [0, 0.05) is 11.9 Å². The van der Waals surface area contributed by atoms with Crippen LogP contribution in [0.2, 0.25) is 0 Å². The molecule has 4 nitrogen and oxygen atoms in total. The lowest BCUT2D eigenvalue weighted by Gasteiger charge is -2.12. The number of nitrogens with two attached hydrogens (primary N) is 1. The summed E-state index contributed by atoms with van der Waals surface area (Å²) in [7, 11) is 0. The molecule has 0 aliphatic rings. The first kappa shape index (κ1) is 12.4. The van der Waals surface area contributed by atoms with E-state index in [0.29, 0.717) is 18.2 Å². The summed E-state index contributed by atoms with van der Waals surface area (Å²) < 4.78 is 0. The van der Waals surface area contributed by atoms with Crippen molar-refractivity contribution in [3.63, 3.8) is 0 Å². The summed E-state index contributed by atoms with van der Waals surface area (Å²) in [4.78, 5) is 8.57. The molecule has 0 saturated heterocycles. The summed E-state index contributed by atoms with van der Waals surface area (Å²) in [5.41, 5.74) is 9.51. The molecule has 0 unspecified atom stereocenters. The predicted molar refractivity (Wildman–Crippen MR) is 74.3 cm³/mol. The summed E-state index contributed by atoms with van der Waals surface area (Å²) in [6, 6.07) is 7.86. The van der Waals surface area contributed by atoms with Gasteiger partial charge in [-0.3, -0.25) is 9.97 Å². The number of anilines is 2. The molecule has 0 aromatic carbocycles. The van der Waals surface area contributed by atoms with Crippen molar-refractivity contribution in [2.45, 2.75) is 26.3 Å². The molecule has 2 heterocycles. The van der Waals surface area contributed by atoms with E-state index in [1.165, 1.54) is 0 Å². The monoisotopic (exact) mass is 242 g/mol. The molecule has 0 fully saturated rings. The SMILES string of the molecule is CC(C)c1cc(NCc2ccccn2)c(N)cn1. The van der Waals surface area contributed by atoms with E-state index in [-0.39, 0.29) is 0 Å². The second-order valence-electron chi connectivity index (χ2n) is 4.53. The fourth-order valence-electron chi connectivity index (χ4n) is 1.64. The molecule has 2 aromatic rings. The van der Waals surface area contributed by atoms with Gasteiger partial charge in [-0.05, 0) is 24.1 Å². The first-order valence-electron chi connectivity index (χ1n) is 6.06. The molecule has 0 bridgehead atoms. The van der Waals surface area contributed by atoms with Crippen molar-refractivity contribution in [1.82, 2.24) is 9.97 Å². The van der Waals surface area contributed by atoms with E-state index < -0.39 is 0 Å². The van der Waals surface area contributed by atoms with Crippen LogP contribution in [0, 0.1) is 0 Å². The van der Waals surface area contributed by atoms with Gasteiger partial charge in [-0.1, -0.05) is 19.9 Å². The Bertz CT molecular complexity index is 508. The average Bonchev–Trinajstić information content (AvgIpc) is 2.38. The summed E-state index contributed by atoms with van der Waals surface area (Å²) in [6.45, 7) is 4.88. The normalized spacial score (nSPS) is 10.6. The van der Waals surface area contributed by atoms with Gasteiger partial charge in [0.25, 0.3) is 0 Å². The molecule has 18 heavy (non-hydrogen) atoms. The predicted octanol–water partition coefficient (Wildman–Crippen LogP) is 2.79. The van der Waals surface area contributed by atoms with Crippen molar-refractivity contribution in [3.05, 3.63) is 48.0 Å². The Balaban J connectivity index is 2.11. The van der Waals surface area contributed by atoms with Gasteiger partial charge in [-0.15, -0.1) is 0 Å². The third-order valence-electron chi connectivity index (χ3n) is 2.73. The molecule has 2 rings (SSSR count). The highest BCUT2D eigenvalue weighted by molar-refractivity contribution is 5.65. The highest BCUT2D eigenvalue weighted by Gasteiger charge is 2.05. The number of pyridine rings is 2. The van der Waals surface area contributed by atoms with Crippen molar-refractivity contribution < 1.29 is 0 Å². The van der Waals surface area contributed by atoms with Gasteiger partial charge in [0.1, 0.15) is 0 Å². The van der Waals surface area contributed by atoms with Crippen molar-refractivity contribution in [1.29, 1.82) is 0 Å². The molecular formula is C14H18N4. The molecule has 0 saturated carbocycles. The lowest BCUT2D eigenvalue weighted by Crippen LogP contribution is -2.05. The fraction of sp³-hybridized carbons (Fsp3) is 0.286. The summed E-state index contributed by atoms with van der Waals surface area (Å²) in [5.74, 6) is 0.390. The van der Waals surface area contributed by atoms with Crippen LogP contribution >= 0.6 is 0 Å². The van der Waals surface area contributed by atoms with E-state index in [1.54, 1.807) is 12.4 Å². The van der Waals surface area contributed by atoms with E-state index in [0.717, 1.165) is 17.1 Å². The highest BCUT2D eigenvalue weighted by atomic mass is 14.9. The zero-order valence-electron chi connectivity index (χ0n) is 10.7. The molecule has 4 heteroatoms. The molecule has 0 spiro atoms. The number of hydrogen-bond acceptors (Lipinski definition) is 4. The van der Waals surface area contributed by atoms with Gasteiger partial charge >= 0.3 is 0 Å². The quantitative estimate of drug-likeness (QED) is 0.865. The zero-order chi connectivity index (χ0) is 13.0. The minimum Gasteiger partial charge on any atom is -0.396 e. The van der Waals surface area contributed by atoms with Crippen LogP contribution in [0.25, 0.3) is 0 Å². The number of nitrogens with zero attached hydrogens (tertiary/aromatic N) is 2. The fourth-order valence-corrected chi connectivity index (χ4v) is 1.64. The molecule has 0 radical (unpaired) electrons. The topological polar surface area (TPSA) is 63.8 Å². The largest absolute Gasteiger partial charge is 0.396 e. The number of nitrogens with one attached hydrogen (secondary N) is 1. The Morgan fingerprint density at radius 1 is 1.28 bits per heavy atom. The van der Waals surface area contributed by atoms with Gasteiger partial charge < -0.3 is 11.1 Å². The Kier molecular flexibility index (Phi) is 3.77. The van der Waals surface area contributed by atoms with Crippen LogP contribution in [-0.4, -0.2) is 9.97 Å². The van der Waals surface area contributed by atoms with Crippen molar-refractivity contribution in [3.8, 4) is 0 Å². The maximum atomic E-state index is 5.91. The van der Waals surface area contributed by atoms with E-state index in [9.17, 15) is 0 Å². The minimum absolute atomic E-state index is 0.390. The Morgan fingerprint density at radius 3 is 2.78 bits per heavy atom. The van der Waals surface area contributed by atoms with Crippen molar-refractivity contribution in [2.24, 2.45) is 0 Å². The molecule has 3 N–H and O–H groups in total. The number of nitrogen functional groups attached to an aromatic ring is 1. The van der Waals surface area contributed by atoms with Crippen LogP contribution in [0.3, 0.4) is 0 Å². The second kappa shape index (κ2) is 5.49. The maximum Gasteiger partial charge on any atom is 0.0736 e. The summed E-state index contributed by atoms with van der Waals surface area (Å²) in [6.07, 6.45) is 3.49. The Labute approximate surface area is 107 Å². The Hall–Kier alpha value is -2.10. The van der Waals surface area contributed by atoms with Gasteiger partial charge in [0.2, 0.25) is 0 Å². The van der Waals surface area contributed by atoms with Crippen molar-refractivity contribution in [2.75, 3.05) is 11.1 Å². The molecule has 0 aliphatic carbocycles. The third kappa shape index (κ3) is 2.97. The number of hydrogen-bond donors (Lipinski definition) is 2. The van der Waals surface area contributed by atoms with Crippen LogP contribution in [0.15, 0.2) is 36.7 Å². The van der Waals surface area contributed by atoms with Crippen LogP contribution in [0.1, 0.15) is 31.2 Å². The van der Waals surface area contributed by atoms with Crippen molar-refractivity contribution >= 4 is 11.4 Å². The van der Waals surface area contributed by atoms with Crippen LogP contribution in [0.4, 0.5) is 11.4 Å². The van der Waals surface area contributed by atoms with E-state index in [4.69, 9.17) is 5.73 Å². The first-order chi connectivity index (χ1) is 8.66. The molecule has 0 amide bonds. The van der Waals surface area contributed by atoms with Gasteiger partial charge in [-0.25, -0.2) is 0 Å². The van der Waals surface area contributed by atoms with Gasteiger partial charge in [-0.2, -0.15) is 0 Å². The lowest BCUT2D eigenvalue weighted by molar-refractivity contribution is 0.823. The summed E-state index contributed by atoms with van der Waals surface area (Å²) in [5, 5.41) is 3.30. The zero-order valence-corrected chi connectivity index (χ0v) is 10.7. The minimum atomic E-state index is 0.390. The highest BCUT2D eigenvalue weighted by Crippen LogP contribution is 2.22. The van der Waals surface area contributed by atoms with Crippen LogP contribution in [-0.2, 0) is 6.54 Å². The summed E-state index contributed by atoms with van der Waals surface area (Å²) >= 11 is 0. The second-order valence-corrected chi connectivity index (χ2v) is 4.53. The molecule has 0 aliphatic heterocycles. The Morgan fingerprint density at radius 2 is 2.11 bits per heavy atom. The average molecular weight is 242 g/mol. The standard InChI is InChI=1S/C14H18N4/c1-10(2)13-7-14(12(15)9-18-13)17-8-11-5-3-4-6-16-11/h3-7,9-10H,8,15H2,1-2H3,(H,17,18). The first-order valence-corrected chi connectivity index (χ1v) is 6.06. The maximum absolute atomic E-state index is 5.91. The number of aromatic nitrogens is 2. The van der Waals surface area contributed by atoms with E-state index in [2.05, 4.69) is 29.1 Å². The van der Waals surface area contributed by atoms with Gasteiger partial charge in [0.15, 0.2) is 0 Å². The molecule has 2 aromatic heterocycles. The van der Waals surface area contributed by atoms with Gasteiger partial charge in [0.05, 0.1) is 29.8 Å². The van der Waals surface area contributed by atoms with E-state index >= 15 is 0 Å². The molecule has 94 valence electrons.